The summed E-state index contributed by atoms with van der Waals surface area (Å²) in [6.07, 6.45) is 2.43. The Labute approximate surface area is 104 Å². The van der Waals surface area contributed by atoms with E-state index in [2.05, 4.69) is 36.5 Å². The van der Waals surface area contributed by atoms with Crippen LogP contribution in [0.5, 0.6) is 0 Å². The summed E-state index contributed by atoms with van der Waals surface area (Å²) in [4.78, 5) is 0. The van der Waals surface area contributed by atoms with Crippen molar-refractivity contribution in [2.24, 2.45) is 17.4 Å². The van der Waals surface area contributed by atoms with Crippen LogP contribution in [0, 0.1) is 5.92 Å². The zero-order valence-corrected chi connectivity index (χ0v) is 10.5. The molecule has 0 aliphatic carbocycles. The fourth-order valence-corrected chi connectivity index (χ4v) is 2.69. The molecule has 0 bridgehead atoms. The van der Waals surface area contributed by atoms with Crippen LogP contribution in [0.15, 0.2) is 24.3 Å². The summed E-state index contributed by atoms with van der Waals surface area (Å²) in [5, 5.41) is 3.66. The minimum absolute atomic E-state index is 0.384. The van der Waals surface area contributed by atoms with E-state index >= 15 is 0 Å². The normalized spacial score (nSPS) is 29.2. The van der Waals surface area contributed by atoms with Gasteiger partial charge < -0.3 is 16.8 Å². The van der Waals surface area contributed by atoms with Gasteiger partial charge in [-0.15, -0.1) is 0 Å². The molecule has 1 fully saturated rings. The highest BCUT2D eigenvalue weighted by molar-refractivity contribution is 5.27. The zero-order valence-electron chi connectivity index (χ0n) is 10.5. The number of piperidine rings is 1. The average molecular weight is 233 g/mol. The predicted molar refractivity (Wildman–Crippen MR) is 71.5 cm³/mol. The topological polar surface area (TPSA) is 64.1 Å². The van der Waals surface area contributed by atoms with Crippen LogP contribution in [0.3, 0.4) is 0 Å². The van der Waals surface area contributed by atoms with E-state index in [1.165, 1.54) is 24.0 Å². The second kappa shape index (κ2) is 5.63. The van der Waals surface area contributed by atoms with E-state index in [0.717, 1.165) is 6.54 Å². The van der Waals surface area contributed by atoms with Crippen molar-refractivity contribution in [3.8, 4) is 0 Å². The van der Waals surface area contributed by atoms with E-state index in [4.69, 9.17) is 11.5 Å². The first-order valence-corrected chi connectivity index (χ1v) is 6.49. The van der Waals surface area contributed by atoms with Crippen molar-refractivity contribution in [1.29, 1.82) is 0 Å². The van der Waals surface area contributed by atoms with Gasteiger partial charge in [-0.25, -0.2) is 0 Å². The van der Waals surface area contributed by atoms with Gasteiger partial charge in [0.1, 0.15) is 0 Å². The van der Waals surface area contributed by atoms with Crippen molar-refractivity contribution in [3.05, 3.63) is 35.4 Å². The summed E-state index contributed by atoms with van der Waals surface area (Å²) in [5.74, 6) is 0.541. The van der Waals surface area contributed by atoms with Gasteiger partial charge >= 0.3 is 0 Å². The summed E-state index contributed by atoms with van der Waals surface area (Å²) in [6, 6.07) is 9.51. The van der Waals surface area contributed by atoms with E-state index in [9.17, 15) is 0 Å². The maximum absolute atomic E-state index is 5.88. The Morgan fingerprint density at radius 3 is 2.82 bits per heavy atom. The molecule has 2 rings (SSSR count). The van der Waals surface area contributed by atoms with Gasteiger partial charge in [0, 0.05) is 18.6 Å². The minimum atomic E-state index is 0.384. The summed E-state index contributed by atoms with van der Waals surface area (Å²) in [6.45, 7) is 3.59. The lowest BCUT2D eigenvalue weighted by Gasteiger charge is -2.36. The van der Waals surface area contributed by atoms with Gasteiger partial charge in [0.25, 0.3) is 0 Å². The molecule has 0 aromatic heterocycles. The molecule has 0 saturated carbocycles. The third-order valence-corrected chi connectivity index (χ3v) is 3.75. The minimum Gasteiger partial charge on any atom is -0.330 e. The van der Waals surface area contributed by atoms with Crippen molar-refractivity contribution in [1.82, 2.24) is 5.32 Å². The Hall–Kier alpha value is -0.900. The maximum atomic E-state index is 5.88. The highest BCUT2D eigenvalue weighted by Crippen LogP contribution is 2.31. The maximum Gasteiger partial charge on any atom is 0.0363 e. The Kier molecular flexibility index (Phi) is 4.15. The third kappa shape index (κ3) is 2.86. The van der Waals surface area contributed by atoms with E-state index in [1.807, 2.05) is 0 Å². The Morgan fingerprint density at radius 2 is 2.12 bits per heavy atom. The van der Waals surface area contributed by atoms with E-state index in [1.54, 1.807) is 0 Å². The molecule has 1 aliphatic heterocycles. The number of nitrogens with one attached hydrogen (secondary N) is 1. The number of nitrogens with two attached hydrogens (primary N) is 2. The van der Waals surface area contributed by atoms with Gasteiger partial charge in [0.15, 0.2) is 0 Å². The zero-order chi connectivity index (χ0) is 12.3. The quantitative estimate of drug-likeness (QED) is 0.742. The predicted octanol–water partition coefficient (Wildman–Crippen LogP) is 1.53. The van der Waals surface area contributed by atoms with Crippen molar-refractivity contribution in [2.75, 3.05) is 6.54 Å². The number of hydrogen-bond acceptors (Lipinski definition) is 3. The molecule has 3 nitrogen and oxygen atoms in total. The van der Waals surface area contributed by atoms with Gasteiger partial charge in [0.2, 0.25) is 0 Å². The van der Waals surface area contributed by atoms with Crippen molar-refractivity contribution < 1.29 is 0 Å². The molecule has 1 aromatic carbocycles. The lowest BCUT2D eigenvalue weighted by molar-refractivity contribution is 0.246. The fourth-order valence-electron chi connectivity index (χ4n) is 2.69. The summed E-state index contributed by atoms with van der Waals surface area (Å²) in [5.41, 5.74) is 14.1. The third-order valence-electron chi connectivity index (χ3n) is 3.75. The molecule has 3 heteroatoms. The Balaban J connectivity index is 2.22. The van der Waals surface area contributed by atoms with Crippen molar-refractivity contribution >= 4 is 0 Å². The van der Waals surface area contributed by atoms with Gasteiger partial charge in [0.05, 0.1) is 0 Å². The molecule has 1 saturated heterocycles. The average Bonchev–Trinajstić information content (AvgIpc) is 2.39. The second-order valence-corrected chi connectivity index (χ2v) is 5.07. The second-order valence-electron chi connectivity index (χ2n) is 5.07. The van der Waals surface area contributed by atoms with Gasteiger partial charge in [-0.1, -0.05) is 24.3 Å². The van der Waals surface area contributed by atoms with Gasteiger partial charge in [-0.2, -0.15) is 0 Å². The molecule has 1 aliphatic rings. The molecule has 0 spiro atoms. The molecule has 5 N–H and O–H groups in total. The number of rotatable bonds is 3. The largest absolute Gasteiger partial charge is 0.330 e. The Morgan fingerprint density at radius 1 is 1.29 bits per heavy atom. The van der Waals surface area contributed by atoms with Crippen LogP contribution in [0.2, 0.25) is 0 Å². The summed E-state index contributed by atoms with van der Waals surface area (Å²) >= 11 is 0. The fraction of sp³-hybridized carbons (Fsp3) is 0.571. The van der Waals surface area contributed by atoms with E-state index < -0.39 is 0 Å². The highest BCUT2D eigenvalue weighted by Gasteiger charge is 2.28. The van der Waals surface area contributed by atoms with E-state index in [0.29, 0.717) is 24.5 Å². The van der Waals surface area contributed by atoms with Crippen LogP contribution >= 0.6 is 0 Å². The van der Waals surface area contributed by atoms with Crippen LogP contribution in [0.4, 0.5) is 0 Å². The van der Waals surface area contributed by atoms with Crippen molar-refractivity contribution in [3.63, 3.8) is 0 Å². The molecular formula is C14H23N3. The molecule has 17 heavy (non-hydrogen) atoms. The molecule has 1 heterocycles. The first kappa shape index (κ1) is 12.6. The number of benzene rings is 1. The van der Waals surface area contributed by atoms with Crippen LogP contribution < -0.4 is 16.8 Å². The molecule has 94 valence electrons. The molecule has 0 amide bonds. The lowest BCUT2D eigenvalue weighted by Crippen LogP contribution is -2.42. The molecule has 0 radical (unpaired) electrons. The van der Waals surface area contributed by atoms with Gasteiger partial charge in [-0.3, -0.25) is 0 Å². The van der Waals surface area contributed by atoms with Crippen molar-refractivity contribution in [2.45, 2.75) is 38.4 Å². The molecular weight excluding hydrogens is 210 g/mol. The van der Waals surface area contributed by atoms with Crippen LogP contribution in [0.1, 0.15) is 36.9 Å². The first-order chi connectivity index (χ1) is 8.24. The molecule has 3 unspecified atom stereocenters. The standard InChI is InChI=1S/C14H23N3/c1-10-5-6-13(9-16)14(17-10)12-4-2-3-11(7-12)8-15/h2-4,7,10,13-14,17H,5-6,8-9,15-16H2,1H3. The molecule has 3 atom stereocenters. The van der Waals surface area contributed by atoms with Crippen LogP contribution in [-0.4, -0.2) is 12.6 Å². The molecule has 1 aromatic rings. The van der Waals surface area contributed by atoms with Gasteiger partial charge in [-0.05, 0) is 43.4 Å². The summed E-state index contributed by atoms with van der Waals surface area (Å²) in [7, 11) is 0. The lowest BCUT2D eigenvalue weighted by atomic mass is 9.83. The van der Waals surface area contributed by atoms with E-state index in [-0.39, 0.29) is 0 Å². The van der Waals surface area contributed by atoms with Crippen LogP contribution in [0.25, 0.3) is 0 Å². The smallest absolute Gasteiger partial charge is 0.0363 e. The highest BCUT2D eigenvalue weighted by atomic mass is 15.0. The SMILES string of the molecule is CC1CCC(CN)C(c2cccc(CN)c2)N1. The monoisotopic (exact) mass is 233 g/mol. The number of hydrogen-bond donors (Lipinski definition) is 3. The first-order valence-electron chi connectivity index (χ1n) is 6.49. The van der Waals surface area contributed by atoms with Crippen LogP contribution in [-0.2, 0) is 6.54 Å². The summed E-state index contributed by atoms with van der Waals surface area (Å²) < 4.78 is 0. The Bertz CT molecular complexity index is 364.